The molecule has 0 saturated heterocycles. The van der Waals surface area contributed by atoms with Crippen LogP contribution in [-0.4, -0.2) is 33.9 Å². The van der Waals surface area contributed by atoms with E-state index in [0.717, 1.165) is 12.1 Å². The number of amides is 3. The van der Waals surface area contributed by atoms with Crippen LogP contribution in [0.1, 0.15) is 16.1 Å². The molecule has 39 heavy (non-hydrogen) atoms. The van der Waals surface area contributed by atoms with Gasteiger partial charge in [-0.3, -0.25) is 9.78 Å². The number of carbonyl (C=O) groups is 2. The molecule has 0 aliphatic rings. The zero-order chi connectivity index (χ0) is 28.2. The first-order chi connectivity index (χ1) is 18.5. The van der Waals surface area contributed by atoms with Crippen LogP contribution < -0.4 is 20.7 Å². The molecule has 3 amide bonds. The number of carbonyl (C=O) groups excluding carboxylic acids is 2. The molecule has 0 spiro atoms. The molecule has 2 heterocycles. The number of alkyl halides is 3. The molecule has 3 N–H and O–H groups in total. The molecular formula is C25H17F5N6O3. The third kappa shape index (κ3) is 6.60. The van der Waals surface area contributed by atoms with Crippen LogP contribution >= 0.6 is 0 Å². The fraction of sp³-hybridized carbons (Fsp3) is 0.0800. The van der Waals surface area contributed by atoms with Crippen molar-refractivity contribution in [2.24, 2.45) is 0 Å². The van der Waals surface area contributed by atoms with Gasteiger partial charge in [-0.1, -0.05) is 6.07 Å². The number of nitrogens with zero attached hydrogens (tertiary/aromatic N) is 3. The van der Waals surface area contributed by atoms with Gasteiger partial charge in [-0.25, -0.2) is 9.78 Å². The zero-order valence-corrected chi connectivity index (χ0v) is 19.8. The number of anilines is 2. The lowest BCUT2D eigenvalue weighted by Crippen LogP contribution is -2.20. The maximum Gasteiger partial charge on any atom is 0.417 e. The first-order valence-electron chi connectivity index (χ1n) is 11.0. The first-order valence-corrected chi connectivity index (χ1v) is 11.0. The number of rotatable bonds is 6. The molecule has 0 saturated carbocycles. The quantitative estimate of drug-likeness (QED) is 0.165. The summed E-state index contributed by atoms with van der Waals surface area (Å²) in [6, 6.07) is 10.8. The number of benzene rings is 2. The summed E-state index contributed by atoms with van der Waals surface area (Å²) in [6.45, 7) is 0. The monoisotopic (exact) mass is 544 g/mol. The molecule has 4 rings (SSSR count). The predicted molar refractivity (Wildman–Crippen MR) is 129 cm³/mol. The molecule has 2 aromatic heterocycles. The number of halogens is 5. The van der Waals surface area contributed by atoms with Gasteiger partial charge in [0.25, 0.3) is 5.91 Å². The molecule has 0 atom stereocenters. The van der Waals surface area contributed by atoms with Crippen molar-refractivity contribution in [2.45, 2.75) is 6.18 Å². The van der Waals surface area contributed by atoms with E-state index in [2.05, 4.69) is 30.9 Å². The van der Waals surface area contributed by atoms with E-state index < -0.39 is 40.9 Å². The molecule has 0 radical (unpaired) electrons. The molecule has 0 fully saturated rings. The van der Waals surface area contributed by atoms with Gasteiger partial charge in [0.2, 0.25) is 5.95 Å². The number of hydrogen-bond acceptors (Lipinski definition) is 6. The third-order valence-corrected chi connectivity index (χ3v) is 5.12. The number of urea groups is 1. The highest BCUT2D eigenvalue weighted by Crippen LogP contribution is 2.39. The molecule has 0 aliphatic carbocycles. The smallest absolute Gasteiger partial charge is 0.417 e. The summed E-state index contributed by atoms with van der Waals surface area (Å²) >= 11 is 0. The third-order valence-electron chi connectivity index (χ3n) is 5.12. The van der Waals surface area contributed by atoms with E-state index in [-0.39, 0.29) is 17.3 Å². The summed E-state index contributed by atoms with van der Waals surface area (Å²) in [5.74, 6) is -1.13. The van der Waals surface area contributed by atoms with Gasteiger partial charge in [0.05, 0.1) is 11.1 Å². The number of aromatic nitrogens is 3. The van der Waals surface area contributed by atoms with Crippen LogP contribution in [0.3, 0.4) is 0 Å². The Morgan fingerprint density at radius 1 is 0.846 bits per heavy atom. The minimum absolute atomic E-state index is 0.155. The predicted octanol–water partition coefficient (Wildman–Crippen LogP) is 5.63. The minimum atomic E-state index is -4.93. The van der Waals surface area contributed by atoms with Crippen molar-refractivity contribution in [2.75, 3.05) is 17.7 Å². The molecule has 200 valence electrons. The highest BCUT2D eigenvalue weighted by Gasteiger charge is 2.35. The SMILES string of the molecule is CNC(=O)c1cc(Oc2ccc(NC(=O)Nc3ccc(-c4cnc(F)nc4F)c(C(F)(F)F)c3)cc2)ccn1. The largest absolute Gasteiger partial charge is 0.457 e. The Labute approximate surface area is 217 Å². The van der Waals surface area contributed by atoms with Crippen LogP contribution in [0.4, 0.5) is 38.1 Å². The Morgan fingerprint density at radius 2 is 1.54 bits per heavy atom. The van der Waals surface area contributed by atoms with E-state index in [4.69, 9.17) is 4.74 Å². The highest BCUT2D eigenvalue weighted by molar-refractivity contribution is 6.00. The molecule has 0 bridgehead atoms. The number of nitrogens with one attached hydrogen (secondary N) is 3. The number of ether oxygens (including phenoxy) is 1. The summed E-state index contributed by atoms with van der Waals surface area (Å²) in [5, 5.41) is 7.18. The normalized spacial score (nSPS) is 11.0. The van der Waals surface area contributed by atoms with Crippen molar-refractivity contribution < 1.29 is 36.3 Å². The van der Waals surface area contributed by atoms with Crippen LogP contribution in [0.25, 0.3) is 11.1 Å². The van der Waals surface area contributed by atoms with Gasteiger partial charge < -0.3 is 20.7 Å². The summed E-state index contributed by atoms with van der Waals surface area (Å²) in [5.41, 5.74) is -2.36. The van der Waals surface area contributed by atoms with Gasteiger partial charge in [0, 0.05) is 42.4 Å². The molecule has 4 aromatic rings. The highest BCUT2D eigenvalue weighted by atomic mass is 19.4. The van der Waals surface area contributed by atoms with E-state index in [1.165, 1.54) is 43.6 Å². The van der Waals surface area contributed by atoms with Crippen LogP contribution in [0.15, 0.2) is 67.0 Å². The topological polar surface area (TPSA) is 118 Å². The molecular weight excluding hydrogens is 527 g/mol. The van der Waals surface area contributed by atoms with E-state index in [9.17, 15) is 31.5 Å². The fourth-order valence-corrected chi connectivity index (χ4v) is 3.38. The summed E-state index contributed by atoms with van der Waals surface area (Å²) in [4.78, 5) is 34.0. The van der Waals surface area contributed by atoms with E-state index >= 15 is 0 Å². The van der Waals surface area contributed by atoms with Crippen molar-refractivity contribution >= 4 is 23.3 Å². The van der Waals surface area contributed by atoms with Crippen LogP contribution in [-0.2, 0) is 6.18 Å². The Kier molecular flexibility index (Phi) is 7.65. The zero-order valence-electron chi connectivity index (χ0n) is 19.8. The van der Waals surface area contributed by atoms with Gasteiger partial charge in [-0.15, -0.1) is 0 Å². The van der Waals surface area contributed by atoms with Crippen LogP contribution in [0.2, 0.25) is 0 Å². The first kappa shape index (κ1) is 26.9. The molecule has 9 nitrogen and oxygen atoms in total. The lowest BCUT2D eigenvalue weighted by Gasteiger charge is -2.15. The summed E-state index contributed by atoms with van der Waals surface area (Å²) < 4.78 is 73.7. The lowest BCUT2D eigenvalue weighted by atomic mass is 10.0. The standard InChI is InChI=1S/C25H17F5N6O3/c1-31-22(37)20-11-16(8-9-32-20)39-15-5-2-13(3-6-15)34-24(38)35-14-4-7-17(19(10-14)25(28,29)30)18-12-33-23(27)36-21(18)26/h2-12H,1H3,(H,31,37)(H2,34,35,38). The number of hydrogen-bond donors (Lipinski definition) is 3. The summed E-state index contributed by atoms with van der Waals surface area (Å²) in [6.07, 6.45) is -4.35. The maximum atomic E-state index is 14.0. The molecule has 2 aromatic carbocycles. The van der Waals surface area contributed by atoms with Crippen molar-refractivity contribution in [1.82, 2.24) is 20.3 Å². The van der Waals surface area contributed by atoms with Crippen LogP contribution in [0, 0.1) is 12.0 Å². The van der Waals surface area contributed by atoms with Crippen molar-refractivity contribution in [3.05, 3.63) is 90.3 Å². The van der Waals surface area contributed by atoms with Gasteiger partial charge in [-0.05, 0) is 42.5 Å². The Hall–Kier alpha value is -5.14. The second kappa shape index (κ2) is 11.1. The fourth-order valence-electron chi connectivity index (χ4n) is 3.38. The van der Waals surface area contributed by atoms with Gasteiger partial charge in [-0.2, -0.15) is 26.9 Å². The minimum Gasteiger partial charge on any atom is -0.457 e. The molecule has 14 heteroatoms. The van der Waals surface area contributed by atoms with Gasteiger partial charge in [0.15, 0.2) is 0 Å². The Morgan fingerprint density at radius 3 is 2.21 bits per heavy atom. The maximum absolute atomic E-state index is 14.0. The molecule has 0 unspecified atom stereocenters. The number of pyridine rings is 1. The van der Waals surface area contributed by atoms with Crippen molar-refractivity contribution in [1.29, 1.82) is 0 Å². The second-order valence-electron chi connectivity index (χ2n) is 7.76. The lowest BCUT2D eigenvalue weighted by molar-refractivity contribution is -0.137. The van der Waals surface area contributed by atoms with Crippen LogP contribution in [0.5, 0.6) is 11.5 Å². The average molecular weight is 544 g/mol. The van der Waals surface area contributed by atoms with E-state index in [0.29, 0.717) is 29.4 Å². The van der Waals surface area contributed by atoms with Gasteiger partial charge in [0.1, 0.15) is 17.2 Å². The van der Waals surface area contributed by atoms with E-state index in [1.807, 2.05) is 0 Å². The molecule has 0 aliphatic heterocycles. The Bertz CT molecular complexity index is 1530. The van der Waals surface area contributed by atoms with E-state index in [1.54, 1.807) is 6.07 Å². The van der Waals surface area contributed by atoms with Crippen molar-refractivity contribution in [3.8, 4) is 22.6 Å². The summed E-state index contributed by atoms with van der Waals surface area (Å²) in [7, 11) is 1.47. The second-order valence-corrected chi connectivity index (χ2v) is 7.76. The van der Waals surface area contributed by atoms with Gasteiger partial charge >= 0.3 is 18.3 Å². The van der Waals surface area contributed by atoms with Crippen molar-refractivity contribution in [3.63, 3.8) is 0 Å². The Balaban J connectivity index is 1.45. The average Bonchev–Trinajstić information content (AvgIpc) is 2.89.